The van der Waals surface area contributed by atoms with E-state index in [0.29, 0.717) is 0 Å². The number of cyclic esters (lactones) is 2. The van der Waals surface area contributed by atoms with E-state index in [-0.39, 0.29) is 5.92 Å². The van der Waals surface area contributed by atoms with Crippen molar-refractivity contribution in [3.63, 3.8) is 0 Å². The van der Waals surface area contributed by atoms with Gasteiger partial charge < -0.3 is 9.47 Å². The molecular formula is C22H18O5. The minimum atomic E-state index is -0.943. The van der Waals surface area contributed by atoms with E-state index >= 15 is 0 Å². The molecule has 1 saturated heterocycles. The average molecular weight is 362 g/mol. The fraction of sp³-hybridized carbons (Fsp3) is 0.318. The Kier molecular flexibility index (Phi) is 3.18. The summed E-state index contributed by atoms with van der Waals surface area (Å²) >= 11 is 0. The summed E-state index contributed by atoms with van der Waals surface area (Å²) in [6.07, 6.45) is -0.635. The summed E-state index contributed by atoms with van der Waals surface area (Å²) in [5.74, 6) is -2.97. The van der Waals surface area contributed by atoms with Crippen molar-refractivity contribution < 1.29 is 23.9 Å². The molecule has 3 aliphatic carbocycles. The Hall–Kier alpha value is -2.95. The van der Waals surface area contributed by atoms with Crippen molar-refractivity contribution in [1.29, 1.82) is 0 Å². The molecule has 2 aromatic rings. The quantitative estimate of drug-likeness (QED) is 0.607. The molecule has 4 aliphatic rings. The summed E-state index contributed by atoms with van der Waals surface area (Å²) in [5.41, 5.74) is 2.94. The van der Waals surface area contributed by atoms with Gasteiger partial charge in [-0.05, 0) is 29.2 Å². The first-order chi connectivity index (χ1) is 13.0. The molecule has 1 heterocycles. The molecule has 27 heavy (non-hydrogen) atoms. The second-order valence-electron chi connectivity index (χ2n) is 7.52. The van der Waals surface area contributed by atoms with Crippen LogP contribution in [0.5, 0.6) is 0 Å². The van der Waals surface area contributed by atoms with Crippen LogP contribution in [0.4, 0.5) is 0 Å². The van der Waals surface area contributed by atoms with Gasteiger partial charge in [-0.15, -0.1) is 0 Å². The molecule has 0 saturated carbocycles. The highest BCUT2D eigenvalue weighted by Crippen LogP contribution is 2.65. The molecule has 2 aromatic carbocycles. The van der Waals surface area contributed by atoms with E-state index in [0.717, 1.165) is 22.3 Å². The van der Waals surface area contributed by atoms with Crippen LogP contribution in [0.3, 0.4) is 0 Å². The topological polar surface area (TPSA) is 69.7 Å². The average Bonchev–Trinajstić information content (AvgIpc) is 2.96. The van der Waals surface area contributed by atoms with Gasteiger partial charge in [0, 0.05) is 12.8 Å². The van der Waals surface area contributed by atoms with Gasteiger partial charge in [-0.3, -0.25) is 14.4 Å². The first-order valence-electron chi connectivity index (χ1n) is 9.09. The molecule has 5 heteroatoms. The fourth-order valence-corrected chi connectivity index (χ4v) is 5.67. The summed E-state index contributed by atoms with van der Waals surface area (Å²) < 4.78 is 10.8. The van der Waals surface area contributed by atoms with E-state index in [1.54, 1.807) is 6.92 Å². The number of carbonyl (C=O) groups excluding carboxylic acids is 3. The molecule has 2 unspecified atom stereocenters. The first kappa shape index (κ1) is 16.2. The Balaban J connectivity index is 1.91. The standard InChI is InChI=1S/C22H18O5/c1-11(26-12(2)23)22-15-9-5-3-7-13(15)17(14-8-4-6-10-16(14)22)18-19(22)21(25)27-20(18)24/h3-11,17-19H,1-2H3/t11-,17?,18?,19?,22?/m0/s1. The van der Waals surface area contributed by atoms with Crippen LogP contribution < -0.4 is 0 Å². The maximum Gasteiger partial charge on any atom is 0.318 e. The maximum atomic E-state index is 12.8. The number of benzene rings is 2. The van der Waals surface area contributed by atoms with Gasteiger partial charge in [-0.1, -0.05) is 48.5 Å². The minimum absolute atomic E-state index is 0.229. The molecular weight excluding hydrogens is 344 g/mol. The first-order valence-corrected chi connectivity index (χ1v) is 9.09. The highest BCUT2D eigenvalue weighted by atomic mass is 16.6. The van der Waals surface area contributed by atoms with Crippen LogP contribution >= 0.6 is 0 Å². The molecule has 6 rings (SSSR count). The summed E-state index contributed by atoms with van der Waals surface area (Å²) in [6, 6.07) is 15.7. The van der Waals surface area contributed by atoms with Crippen LogP contribution in [-0.4, -0.2) is 24.0 Å². The molecule has 0 aromatic heterocycles. The van der Waals surface area contributed by atoms with Crippen molar-refractivity contribution in [2.45, 2.75) is 31.3 Å². The molecule has 0 radical (unpaired) electrons. The highest BCUT2D eigenvalue weighted by molar-refractivity contribution is 6.01. The van der Waals surface area contributed by atoms with Gasteiger partial charge in [0.1, 0.15) is 6.10 Å². The maximum absolute atomic E-state index is 12.8. The molecule has 1 fully saturated rings. The molecule has 2 bridgehead atoms. The molecule has 5 nitrogen and oxygen atoms in total. The number of carbonyl (C=O) groups is 3. The van der Waals surface area contributed by atoms with Crippen molar-refractivity contribution in [2.24, 2.45) is 11.8 Å². The van der Waals surface area contributed by atoms with Crippen LogP contribution in [0.25, 0.3) is 0 Å². The van der Waals surface area contributed by atoms with E-state index in [2.05, 4.69) is 0 Å². The summed E-state index contributed by atoms with van der Waals surface area (Å²) in [6.45, 7) is 3.16. The Bertz CT molecular complexity index is 960. The van der Waals surface area contributed by atoms with Crippen molar-refractivity contribution >= 4 is 17.9 Å². The summed E-state index contributed by atoms with van der Waals surface area (Å²) in [7, 11) is 0. The second-order valence-corrected chi connectivity index (χ2v) is 7.52. The van der Waals surface area contributed by atoms with Gasteiger partial charge >= 0.3 is 17.9 Å². The summed E-state index contributed by atoms with van der Waals surface area (Å²) in [5, 5.41) is 0. The minimum Gasteiger partial charge on any atom is -0.462 e. The number of hydrogen-bond acceptors (Lipinski definition) is 5. The van der Waals surface area contributed by atoms with Crippen LogP contribution in [0.2, 0.25) is 0 Å². The lowest BCUT2D eigenvalue weighted by Gasteiger charge is -2.55. The molecule has 0 N–H and O–H groups in total. The SMILES string of the molecule is CC(=O)O[C@@H](C)C12c3ccccc3C(c3ccccc31)C1C(=O)OC(=O)C12. The zero-order chi connectivity index (χ0) is 18.9. The largest absolute Gasteiger partial charge is 0.462 e. The Morgan fingerprint density at radius 2 is 1.56 bits per heavy atom. The Labute approximate surface area is 156 Å². The van der Waals surface area contributed by atoms with Gasteiger partial charge in [0.2, 0.25) is 0 Å². The number of rotatable bonds is 2. The van der Waals surface area contributed by atoms with Crippen molar-refractivity contribution in [3.8, 4) is 0 Å². The van der Waals surface area contributed by atoms with E-state index < -0.39 is 41.3 Å². The van der Waals surface area contributed by atoms with Gasteiger partial charge in [-0.2, -0.15) is 0 Å². The van der Waals surface area contributed by atoms with Crippen LogP contribution in [0, 0.1) is 11.8 Å². The van der Waals surface area contributed by atoms with Crippen molar-refractivity contribution in [2.75, 3.05) is 0 Å². The molecule has 3 atom stereocenters. The Morgan fingerprint density at radius 3 is 2.11 bits per heavy atom. The second kappa shape index (κ2) is 5.28. The van der Waals surface area contributed by atoms with Crippen molar-refractivity contribution in [1.82, 2.24) is 0 Å². The van der Waals surface area contributed by atoms with E-state index in [9.17, 15) is 14.4 Å². The predicted octanol–water partition coefficient (Wildman–Crippen LogP) is 2.70. The zero-order valence-electron chi connectivity index (χ0n) is 15.0. The smallest absolute Gasteiger partial charge is 0.318 e. The number of hydrogen-bond donors (Lipinski definition) is 0. The molecule has 0 amide bonds. The lowest BCUT2D eigenvalue weighted by Crippen LogP contribution is -2.59. The van der Waals surface area contributed by atoms with Crippen LogP contribution in [0.1, 0.15) is 42.0 Å². The number of esters is 3. The highest BCUT2D eigenvalue weighted by Gasteiger charge is 2.69. The lowest BCUT2D eigenvalue weighted by molar-refractivity contribution is -0.157. The zero-order valence-corrected chi connectivity index (χ0v) is 15.0. The fourth-order valence-electron chi connectivity index (χ4n) is 5.67. The van der Waals surface area contributed by atoms with Gasteiger partial charge in [0.05, 0.1) is 17.3 Å². The van der Waals surface area contributed by atoms with Gasteiger partial charge in [0.25, 0.3) is 0 Å². The normalized spacial score (nSPS) is 30.8. The van der Waals surface area contributed by atoms with Crippen LogP contribution in [-0.2, 0) is 29.3 Å². The van der Waals surface area contributed by atoms with Crippen LogP contribution in [0.15, 0.2) is 48.5 Å². The van der Waals surface area contributed by atoms with E-state index in [4.69, 9.17) is 9.47 Å². The monoisotopic (exact) mass is 362 g/mol. The summed E-state index contributed by atoms with van der Waals surface area (Å²) in [4.78, 5) is 37.3. The molecule has 1 aliphatic heterocycles. The lowest BCUT2D eigenvalue weighted by atomic mass is 9.46. The third-order valence-electron chi connectivity index (χ3n) is 6.40. The van der Waals surface area contributed by atoms with Crippen molar-refractivity contribution in [3.05, 3.63) is 70.8 Å². The van der Waals surface area contributed by atoms with Gasteiger partial charge in [0.15, 0.2) is 0 Å². The molecule has 136 valence electrons. The Morgan fingerprint density at radius 1 is 1.00 bits per heavy atom. The van der Waals surface area contributed by atoms with E-state index in [1.165, 1.54) is 6.92 Å². The number of ether oxygens (including phenoxy) is 2. The predicted molar refractivity (Wildman–Crippen MR) is 94.8 cm³/mol. The third kappa shape index (κ3) is 1.81. The third-order valence-corrected chi connectivity index (χ3v) is 6.40. The van der Waals surface area contributed by atoms with E-state index in [1.807, 2.05) is 48.5 Å². The molecule has 0 spiro atoms. The van der Waals surface area contributed by atoms with Gasteiger partial charge in [-0.25, -0.2) is 0 Å².